The van der Waals surface area contributed by atoms with Crippen LogP contribution in [-0.4, -0.2) is 41.8 Å². The lowest BCUT2D eigenvalue weighted by atomic mass is 10.1. The van der Waals surface area contributed by atoms with E-state index in [4.69, 9.17) is 9.90 Å². The molecule has 9 heteroatoms. The highest BCUT2D eigenvalue weighted by Crippen LogP contribution is 2.40. The highest BCUT2D eigenvalue weighted by molar-refractivity contribution is 5.82. The summed E-state index contributed by atoms with van der Waals surface area (Å²) in [6.07, 6.45) is -2.97. The molecule has 1 amide bonds. The minimum Gasteiger partial charge on any atom is -0.475 e. The fourth-order valence-electron chi connectivity index (χ4n) is 1.99. The third kappa shape index (κ3) is 5.63. The average Bonchev–Trinajstić information content (AvgIpc) is 3.01. The smallest absolute Gasteiger partial charge is 0.475 e. The molecule has 0 aromatic heterocycles. The van der Waals surface area contributed by atoms with Crippen molar-refractivity contribution in [1.29, 1.82) is 0 Å². The van der Waals surface area contributed by atoms with Crippen molar-refractivity contribution in [3.8, 4) is 0 Å². The predicted octanol–water partition coefficient (Wildman–Crippen LogP) is 1.75. The van der Waals surface area contributed by atoms with E-state index in [1.54, 1.807) is 13.8 Å². The van der Waals surface area contributed by atoms with Crippen LogP contribution in [0.3, 0.4) is 0 Å². The van der Waals surface area contributed by atoms with Gasteiger partial charge in [0, 0.05) is 6.04 Å². The van der Waals surface area contributed by atoms with Gasteiger partial charge in [0.2, 0.25) is 5.91 Å². The maximum atomic E-state index is 13.1. The molecule has 1 aliphatic carbocycles. The van der Waals surface area contributed by atoms with Crippen LogP contribution in [0.1, 0.15) is 26.7 Å². The molecule has 0 aromatic rings. The summed E-state index contributed by atoms with van der Waals surface area (Å²) in [5.41, 5.74) is 0.623. The Kier molecular flexibility index (Phi) is 5.92. The second kappa shape index (κ2) is 7.08. The van der Waals surface area contributed by atoms with Crippen molar-refractivity contribution in [3.63, 3.8) is 0 Å². The molecule has 0 unspecified atom stereocenters. The van der Waals surface area contributed by atoms with Gasteiger partial charge in [0.05, 0.1) is 12.6 Å². The molecule has 3 N–H and O–H groups in total. The molecule has 0 radical (unpaired) electrons. The molecular formula is C13H18F4N2O3. The highest BCUT2D eigenvalue weighted by atomic mass is 19.4. The quantitative estimate of drug-likeness (QED) is 0.691. The number of piperidine rings is 1. The number of alkyl halides is 3. The summed E-state index contributed by atoms with van der Waals surface area (Å²) < 4.78 is 44.8. The van der Waals surface area contributed by atoms with E-state index in [1.165, 1.54) is 6.42 Å². The molecule has 22 heavy (non-hydrogen) atoms. The fraction of sp³-hybridized carbons (Fsp3) is 0.692. The van der Waals surface area contributed by atoms with Crippen molar-refractivity contribution in [1.82, 2.24) is 10.6 Å². The number of halogens is 4. The van der Waals surface area contributed by atoms with Crippen molar-refractivity contribution >= 4 is 11.9 Å². The first kappa shape index (κ1) is 18.4. The Balaban J connectivity index is 0.000000295. The summed E-state index contributed by atoms with van der Waals surface area (Å²) >= 11 is 0. The van der Waals surface area contributed by atoms with Gasteiger partial charge in [0.15, 0.2) is 0 Å². The van der Waals surface area contributed by atoms with E-state index in [-0.39, 0.29) is 24.3 Å². The molecule has 126 valence electrons. The zero-order valence-corrected chi connectivity index (χ0v) is 12.1. The van der Waals surface area contributed by atoms with Gasteiger partial charge in [-0.3, -0.25) is 4.79 Å². The van der Waals surface area contributed by atoms with Crippen LogP contribution in [-0.2, 0) is 9.59 Å². The topological polar surface area (TPSA) is 78.4 Å². The second-order valence-electron chi connectivity index (χ2n) is 5.48. The van der Waals surface area contributed by atoms with Gasteiger partial charge >= 0.3 is 12.1 Å². The molecule has 2 fully saturated rings. The monoisotopic (exact) mass is 326 g/mol. The zero-order chi connectivity index (χ0) is 17.1. The summed E-state index contributed by atoms with van der Waals surface area (Å²) in [6, 6.07) is 0.452. The number of hydrogen-bond acceptors (Lipinski definition) is 3. The number of nitrogens with one attached hydrogen (secondary N) is 2. The van der Waals surface area contributed by atoms with E-state index < -0.39 is 12.1 Å². The van der Waals surface area contributed by atoms with E-state index >= 15 is 0 Å². The number of amides is 1. The Bertz CT molecular complexity index is 462. The second-order valence-corrected chi connectivity index (χ2v) is 5.48. The van der Waals surface area contributed by atoms with E-state index in [0.29, 0.717) is 17.5 Å². The van der Waals surface area contributed by atoms with Crippen LogP contribution in [0.5, 0.6) is 0 Å². The maximum Gasteiger partial charge on any atom is 0.490 e. The first-order valence-corrected chi connectivity index (χ1v) is 6.68. The lowest BCUT2D eigenvalue weighted by molar-refractivity contribution is -0.192. The number of rotatable bonds is 3. The van der Waals surface area contributed by atoms with Crippen molar-refractivity contribution in [3.05, 3.63) is 11.4 Å². The Morgan fingerprint density at radius 2 is 1.82 bits per heavy atom. The number of carboxylic acids is 1. The number of carboxylic acid groups (broad SMARTS) is 1. The molecule has 1 saturated carbocycles. The van der Waals surface area contributed by atoms with E-state index in [2.05, 4.69) is 10.6 Å². The number of fused-ring (bicyclic) bond motifs is 1. The predicted molar refractivity (Wildman–Crippen MR) is 69.6 cm³/mol. The van der Waals surface area contributed by atoms with Gasteiger partial charge < -0.3 is 15.7 Å². The third-order valence-corrected chi connectivity index (χ3v) is 3.40. The van der Waals surface area contributed by atoms with Gasteiger partial charge in [-0.25, -0.2) is 9.18 Å². The molecule has 2 aliphatic rings. The van der Waals surface area contributed by atoms with Crippen molar-refractivity contribution in [2.45, 2.75) is 44.9 Å². The number of hydrogen-bond donors (Lipinski definition) is 3. The standard InChI is InChI=1S/C11H17FN2O.C2HF3O2/c1-6(2)8(12)5-13-11(15)10-4-7-3-9(7)14-10;3-2(4,5)1(6)7/h7,9-10,14H,3-5H2,1-2H3,(H,13,15);(H,6,7)/t7-,9-,10+;/m1./s1. The van der Waals surface area contributed by atoms with Crippen LogP contribution < -0.4 is 10.6 Å². The minimum atomic E-state index is -5.08. The van der Waals surface area contributed by atoms with E-state index in [9.17, 15) is 22.4 Å². The van der Waals surface area contributed by atoms with Gasteiger partial charge in [-0.2, -0.15) is 13.2 Å². The largest absolute Gasteiger partial charge is 0.490 e. The Labute approximate surface area is 124 Å². The molecule has 0 bridgehead atoms. The van der Waals surface area contributed by atoms with Gasteiger partial charge in [-0.15, -0.1) is 0 Å². The lowest BCUT2D eigenvalue weighted by Crippen LogP contribution is -2.42. The Hall–Kier alpha value is -1.64. The molecule has 0 aromatic carbocycles. The first-order chi connectivity index (χ1) is 10.0. The van der Waals surface area contributed by atoms with Crippen molar-refractivity contribution < 1.29 is 32.3 Å². The molecule has 1 aliphatic heterocycles. The summed E-state index contributed by atoms with van der Waals surface area (Å²) in [7, 11) is 0. The Morgan fingerprint density at radius 1 is 1.27 bits per heavy atom. The summed E-state index contributed by atoms with van der Waals surface area (Å²) in [5, 5.41) is 13.0. The molecule has 3 atom stereocenters. The van der Waals surface area contributed by atoms with Crippen LogP contribution in [0.15, 0.2) is 11.4 Å². The number of aliphatic carboxylic acids is 1. The van der Waals surface area contributed by atoms with Gasteiger partial charge in [0.1, 0.15) is 5.83 Å². The fourth-order valence-corrected chi connectivity index (χ4v) is 1.99. The average molecular weight is 326 g/mol. The summed E-state index contributed by atoms with van der Waals surface area (Å²) in [5.74, 6) is -2.38. The molecule has 1 saturated heterocycles. The van der Waals surface area contributed by atoms with Gasteiger partial charge in [0.25, 0.3) is 0 Å². The summed E-state index contributed by atoms with van der Waals surface area (Å²) in [4.78, 5) is 20.5. The number of allylic oxidation sites excluding steroid dienone is 1. The summed E-state index contributed by atoms with van der Waals surface area (Å²) in [6.45, 7) is 3.42. The lowest BCUT2D eigenvalue weighted by Gasteiger charge is -2.12. The molecular weight excluding hydrogens is 308 g/mol. The van der Waals surface area contributed by atoms with Crippen LogP contribution in [0.25, 0.3) is 0 Å². The van der Waals surface area contributed by atoms with Crippen LogP contribution in [0, 0.1) is 5.92 Å². The molecule has 1 heterocycles. The zero-order valence-electron chi connectivity index (χ0n) is 12.1. The number of carbonyl (C=O) groups is 2. The number of carbonyl (C=O) groups excluding carboxylic acids is 1. The first-order valence-electron chi connectivity index (χ1n) is 6.68. The molecule has 2 rings (SSSR count). The van der Waals surface area contributed by atoms with Crippen LogP contribution in [0.4, 0.5) is 17.6 Å². The van der Waals surface area contributed by atoms with E-state index in [0.717, 1.165) is 6.42 Å². The van der Waals surface area contributed by atoms with Gasteiger partial charge in [-0.1, -0.05) is 0 Å². The van der Waals surface area contributed by atoms with Crippen LogP contribution >= 0.6 is 0 Å². The third-order valence-electron chi connectivity index (χ3n) is 3.40. The van der Waals surface area contributed by atoms with E-state index in [1.807, 2.05) is 0 Å². The highest BCUT2D eigenvalue weighted by Gasteiger charge is 2.47. The van der Waals surface area contributed by atoms with Crippen LogP contribution in [0.2, 0.25) is 0 Å². The molecule has 5 nitrogen and oxygen atoms in total. The van der Waals surface area contributed by atoms with Crippen molar-refractivity contribution in [2.75, 3.05) is 6.54 Å². The SMILES string of the molecule is CC(C)=C(F)CNC(=O)[C@@H]1C[C@H]2C[C@H]2N1.O=C(O)C(F)(F)F. The maximum absolute atomic E-state index is 13.1. The van der Waals surface area contributed by atoms with Crippen molar-refractivity contribution in [2.24, 2.45) is 5.92 Å². The normalized spacial score (nSPS) is 25.5. The van der Waals surface area contributed by atoms with Gasteiger partial charge in [-0.05, 0) is 38.2 Å². The molecule has 0 spiro atoms. The minimum absolute atomic E-state index is 0.0225. The Morgan fingerprint density at radius 3 is 2.18 bits per heavy atom.